The van der Waals surface area contributed by atoms with Crippen LogP contribution in [0.4, 0.5) is 4.39 Å². The van der Waals surface area contributed by atoms with Gasteiger partial charge in [-0.1, -0.05) is 34.6 Å². The lowest BCUT2D eigenvalue weighted by molar-refractivity contribution is 0.460. The van der Waals surface area contributed by atoms with Crippen molar-refractivity contribution < 1.29 is 4.39 Å². The third-order valence-electron chi connectivity index (χ3n) is 3.42. The first-order valence-electron chi connectivity index (χ1n) is 7.12. The Balaban J connectivity index is 2.23. The molecule has 0 saturated carbocycles. The second-order valence-electron chi connectivity index (χ2n) is 7.06. The Morgan fingerprint density at radius 2 is 1.62 bits per heavy atom. The second kappa shape index (κ2) is 5.51. The zero-order chi connectivity index (χ0) is 15.7. The first-order valence-corrected chi connectivity index (χ1v) is 7.12. The average Bonchev–Trinajstić information content (AvgIpc) is 2.38. The van der Waals surface area contributed by atoms with Crippen molar-refractivity contribution in [3.63, 3.8) is 0 Å². The highest BCUT2D eigenvalue weighted by atomic mass is 19.1. The van der Waals surface area contributed by atoms with Gasteiger partial charge in [-0.3, -0.25) is 4.98 Å². The van der Waals surface area contributed by atoms with Crippen molar-refractivity contribution in [2.24, 2.45) is 0 Å². The number of rotatable bonds is 3. The summed E-state index contributed by atoms with van der Waals surface area (Å²) in [6.45, 7) is 10.2. The highest BCUT2D eigenvalue weighted by molar-refractivity contribution is 5.22. The van der Waals surface area contributed by atoms with Crippen molar-refractivity contribution in [3.8, 4) is 0 Å². The molecule has 0 atom stereocenters. The van der Waals surface area contributed by atoms with Gasteiger partial charge in [0.15, 0.2) is 0 Å². The summed E-state index contributed by atoms with van der Waals surface area (Å²) in [6, 6.07) is 3.05. The molecule has 0 amide bonds. The minimum Gasteiger partial charge on any atom is -0.258 e. The molecule has 0 aromatic carbocycles. The van der Waals surface area contributed by atoms with Crippen molar-refractivity contribution in [1.29, 1.82) is 0 Å². The van der Waals surface area contributed by atoms with E-state index in [0.717, 1.165) is 11.4 Å². The van der Waals surface area contributed by atoms with Crippen molar-refractivity contribution >= 4 is 0 Å². The first-order chi connectivity index (χ1) is 9.70. The van der Waals surface area contributed by atoms with E-state index in [1.165, 1.54) is 6.07 Å². The summed E-state index contributed by atoms with van der Waals surface area (Å²) >= 11 is 0. The summed E-state index contributed by atoms with van der Waals surface area (Å²) in [7, 11) is 0. The van der Waals surface area contributed by atoms with Crippen LogP contribution in [-0.4, -0.2) is 15.0 Å². The minimum atomic E-state index is -0.405. The van der Waals surface area contributed by atoms with Gasteiger partial charge >= 0.3 is 0 Å². The van der Waals surface area contributed by atoms with Gasteiger partial charge in [0.05, 0.1) is 5.69 Å². The van der Waals surface area contributed by atoms with Gasteiger partial charge in [-0.15, -0.1) is 0 Å². The molecule has 3 nitrogen and oxygen atoms in total. The Labute approximate surface area is 125 Å². The van der Waals surface area contributed by atoms with E-state index in [1.54, 1.807) is 12.3 Å². The molecule has 0 N–H and O–H groups in total. The lowest BCUT2D eigenvalue weighted by atomic mass is 9.82. The monoisotopic (exact) mass is 287 g/mol. The molecule has 0 unspecified atom stereocenters. The standard InChI is InChI=1S/C17H22FN3/c1-16(2,3)15-20-10-12(11-21-15)9-17(4,5)14-13(18)7-6-8-19-14/h6-8,10-11H,9H2,1-5H3. The van der Waals surface area contributed by atoms with Crippen LogP contribution in [0.25, 0.3) is 0 Å². The van der Waals surface area contributed by atoms with Gasteiger partial charge in [-0.05, 0) is 24.1 Å². The minimum absolute atomic E-state index is 0.0683. The highest BCUT2D eigenvalue weighted by Gasteiger charge is 2.26. The fourth-order valence-electron chi connectivity index (χ4n) is 2.31. The van der Waals surface area contributed by atoms with Gasteiger partial charge < -0.3 is 0 Å². The van der Waals surface area contributed by atoms with E-state index in [9.17, 15) is 4.39 Å². The van der Waals surface area contributed by atoms with Crippen molar-refractivity contribution in [2.75, 3.05) is 0 Å². The summed E-state index contributed by atoms with van der Waals surface area (Å²) in [5.41, 5.74) is 0.988. The van der Waals surface area contributed by atoms with Gasteiger partial charge in [0.25, 0.3) is 0 Å². The van der Waals surface area contributed by atoms with Gasteiger partial charge in [0.1, 0.15) is 11.6 Å². The Morgan fingerprint density at radius 3 is 2.14 bits per heavy atom. The first kappa shape index (κ1) is 15.5. The van der Waals surface area contributed by atoms with Crippen LogP contribution in [0, 0.1) is 5.82 Å². The average molecular weight is 287 g/mol. The molecular weight excluding hydrogens is 265 g/mol. The Bertz CT molecular complexity index is 613. The Morgan fingerprint density at radius 1 is 1.00 bits per heavy atom. The van der Waals surface area contributed by atoms with Crippen molar-refractivity contribution in [3.05, 3.63) is 53.6 Å². The van der Waals surface area contributed by atoms with E-state index in [1.807, 2.05) is 26.2 Å². The van der Waals surface area contributed by atoms with Gasteiger partial charge in [-0.2, -0.15) is 0 Å². The van der Waals surface area contributed by atoms with Crippen LogP contribution in [0.3, 0.4) is 0 Å². The van der Waals surface area contributed by atoms with E-state index in [0.29, 0.717) is 12.1 Å². The molecule has 21 heavy (non-hydrogen) atoms. The molecule has 0 fully saturated rings. The van der Waals surface area contributed by atoms with E-state index < -0.39 is 5.41 Å². The molecule has 4 heteroatoms. The topological polar surface area (TPSA) is 38.7 Å². The van der Waals surface area contributed by atoms with E-state index >= 15 is 0 Å². The van der Waals surface area contributed by atoms with Crippen LogP contribution in [0.1, 0.15) is 51.7 Å². The molecule has 2 rings (SSSR count). The molecule has 2 aromatic heterocycles. The molecule has 2 aromatic rings. The number of nitrogens with zero attached hydrogens (tertiary/aromatic N) is 3. The van der Waals surface area contributed by atoms with Gasteiger partial charge in [-0.25, -0.2) is 14.4 Å². The molecule has 0 bridgehead atoms. The summed E-state index contributed by atoms with van der Waals surface area (Å²) in [5.74, 6) is 0.544. The summed E-state index contributed by atoms with van der Waals surface area (Å²) in [6.07, 6.45) is 5.93. The predicted molar refractivity (Wildman–Crippen MR) is 81.7 cm³/mol. The quantitative estimate of drug-likeness (QED) is 0.861. The number of hydrogen-bond donors (Lipinski definition) is 0. The maximum absolute atomic E-state index is 13.9. The fourth-order valence-corrected chi connectivity index (χ4v) is 2.31. The maximum atomic E-state index is 13.9. The molecule has 0 aliphatic heterocycles. The summed E-state index contributed by atoms with van der Waals surface area (Å²) in [5, 5.41) is 0. The number of hydrogen-bond acceptors (Lipinski definition) is 3. The summed E-state index contributed by atoms with van der Waals surface area (Å²) < 4.78 is 13.9. The van der Waals surface area contributed by atoms with Crippen molar-refractivity contribution in [1.82, 2.24) is 15.0 Å². The van der Waals surface area contributed by atoms with Crippen LogP contribution in [0.5, 0.6) is 0 Å². The van der Waals surface area contributed by atoms with Crippen molar-refractivity contribution in [2.45, 2.75) is 51.9 Å². The molecule has 0 aliphatic carbocycles. The fraction of sp³-hybridized carbons (Fsp3) is 0.471. The smallest absolute Gasteiger partial charge is 0.145 e. The third kappa shape index (κ3) is 3.63. The van der Waals surface area contributed by atoms with Crippen LogP contribution >= 0.6 is 0 Å². The maximum Gasteiger partial charge on any atom is 0.145 e. The molecular formula is C17H22FN3. The molecule has 0 saturated heterocycles. The van der Waals surface area contributed by atoms with Gasteiger partial charge in [0, 0.05) is 29.4 Å². The van der Waals surface area contributed by atoms with Crippen LogP contribution in [-0.2, 0) is 17.3 Å². The molecule has 2 heterocycles. The second-order valence-corrected chi connectivity index (χ2v) is 7.06. The SMILES string of the molecule is CC(C)(C)c1ncc(CC(C)(C)c2ncccc2F)cn1. The zero-order valence-electron chi connectivity index (χ0n) is 13.3. The number of pyridine rings is 1. The highest BCUT2D eigenvalue weighted by Crippen LogP contribution is 2.28. The predicted octanol–water partition coefficient (Wildman–Crippen LogP) is 3.83. The van der Waals surface area contributed by atoms with Crippen LogP contribution in [0.2, 0.25) is 0 Å². The van der Waals surface area contributed by atoms with E-state index in [4.69, 9.17) is 0 Å². The lowest BCUT2D eigenvalue weighted by Crippen LogP contribution is -2.24. The Hall–Kier alpha value is -1.84. The van der Waals surface area contributed by atoms with Crippen LogP contribution < -0.4 is 0 Å². The van der Waals surface area contributed by atoms with Gasteiger partial charge in [0.2, 0.25) is 0 Å². The number of aromatic nitrogens is 3. The summed E-state index contributed by atoms with van der Waals surface area (Å²) in [4.78, 5) is 13.0. The molecule has 0 aliphatic rings. The molecule has 0 spiro atoms. The number of halogens is 1. The van der Waals surface area contributed by atoms with Crippen LogP contribution in [0.15, 0.2) is 30.7 Å². The zero-order valence-corrected chi connectivity index (χ0v) is 13.3. The lowest BCUT2D eigenvalue weighted by Gasteiger charge is -2.24. The largest absolute Gasteiger partial charge is 0.258 e. The van der Waals surface area contributed by atoms with E-state index in [2.05, 4.69) is 35.7 Å². The molecule has 0 radical (unpaired) electrons. The Kier molecular flexibility index (Phi) is 4.08. The molecule has 112 valence electrons. The van der Waals surface area contributed by atoms with E-state index in [-0.39, 0.29) is 11.2 Å². The normalized spacial score (nSPS) is 12.5. The third-order valence-corrected chi connectivity index (χ3v) is 3.42.